The first-order valence-electron chi connectivity index (χ1n) is 5.47. The summed E-state index contributed by atoms with van der Waals surface area (Å²) in [6, 6.07) is 6.84. The average molecular weight is 337 g/mol. The van der Waals surface area contributed by atoms with Crippen LogP contribution >= 0.6 is 15.9 Å². The van der Waals surface area contributed by atoms with Crippen LogP contribution in [0.2, 0.25) is 0 Å². The molecule has 0 saturated carbocycles. The first kappa shape index (κ1) is 14.0. The number of phenolic OH excluding ortho intramolecular Hbond substituents is 1. The normalized spacial score (nSPS) is 10.1. The lowest BCUT2D eigenvalue weighted by Crippen LogP contribution is -2.13. The Morgan fingerprint density at radius 1 is 1.25 bits per heavy atom. The van der Waals surface area contributed by atoms with Crippen molar-refractivity contribution in [2.24, 2.45) is 0 Å². The SMILES string of the molecule is O=C(O)c1ccc(NC(=O)c2cccnc2Br)c(O)c1. The maximum absolute atomic E-state index is 12.0. The van der Waals surface area contributed by atoms with Crippen molar-refractivity contribution >= 4 is 33.5 Å². The van der Waals surface area contributed by atoms with E-state index in [9.17, 15) is 14.7 Å². The van der Waals surface area contributed by atoms with Crippen LogP contribution in [-0.4, -0.2) is 27.1 Å². The Labute approximate surface area is 122 Å². The fourth-order valence-electron chi connectivity index (χ4n) is 1.52. The van der Waals surface area contributed by atoms with E-state index in [2.05, 4.69) is 26.2 Å². The van der Waals surface area contributed by atoms with Gasteiger partial charge < -0.3 is 15.5 Å². The lowest BCUT2D eigenvalue weighted by Gasteiger charge is -2.08. The summed E-state index contributed by atoms with van der Waals surface area (Å²) in [5.74, 6) is -1.95. The molecule has 0 bridgehead atoms. The molecule has 1 aromatic heterocycles. The Hall–Kier alpha value is -2.41. The number of hydrogen-bond donors (Lipinski definition) is 3. The molecule has 0 fully saturated rings. The van der Waals surface area contributed by atoms with E-state index in [4.69, 9.17) is 5.11 Å². The standard InChI is InChI=1S/C13H9BrN2O4/c14-11-8(2-1-5-15-11)12(18)16-9-4-3-7(13(19)20)6-10(9)17/h1-6,17H,(H,16,18)(H,19,20). The van der Waals surface area contributed by atoms with Gasteiger partial charge in [-0.25, -0.2) is 9.78 Å². The van der Waals surface area contributed by atoms with Crippen LogP contribution in [0.4, 0.5) is 5.69 Å². The van der Waals surface area contributed by atoms with Crippen LogP contribution in [0.25, 0.3) is 0 Å². The van der Waals surface area contributed by atoms with Gasteiger partial charge in [0.15, 0.2) is 0 Å². The maximum atomic E-state index is 12.0. The van der Waals surface area contributed by atoms with Gasteiger partial charge in [-0.3, -0.25) is 4.79 Å². The predicted octanol–water partition coefficient (Wildman–Crippen LogP) is 2.50. The number of phenols is 1. The molecule has 0 aliphatic rings. The van der Waals surface area contributed by atoms with Crippen LogP contribution in [0.15, 0.2) is 41.1 Å². The van der Waals surface area contributed by atoms with Crippen molar-refractivity contribution in [1.82, 2.24) is 4.98 Å². The monoisotopic (exact) mass is 336 g/mol. The highest BCUT2D eigenvalue weighted by molar-refractivity contribution is 9.10. The largest absolute Gasteiger partial charge is 0.506 e. The van der Waals surface area contributed by atoms with E-state index in [0.717, 1.165) is 6.07 Å². The minimum absolute atomic E-state index is 0.0666. The summed E-state index contributed by atoms with van der Waals surface area (Å²) < 4.78 is 0.374. The van der Waals surface area contributed by atoms with Gasteiger partial charge >= 0.3 is 5.97 Å². The van der Waals surface area contributed by atoms with Crippen molar-refractivity contribution in [2.45, 2.75) is 0 Å². The number of aromatic hydroxyl groups is 1. The van der Waals surface area contributed by atoms with Gasteiger partial charge in [0.2, 0.25) is 0 Å². The number of aromatic carboxylic acids is 1. The first-order valence-corrected chi connectivity index (χ1v) is 6.26. The molecule has 1 amide bonds. The quantitative estimate of drug-likeness (QED) is 0.590. The summed E-state index contributed by atoms with van der Waals surface area (Å²) in [5, 5.41) is 21.0. The van der Waals surface area contributed by atoms with Crippen LogP contribution in [0.1, 0.15) is 20.7 Å². The molecule has 7 heteroatoms. The molecule has 20 heavy (non-hydrogen) atoms. The molecule has 0 radical (unpaired) electrons. The van der Waals surface area contributed by atoms with E-state index in [0.29, 0.717) is 10.2 Å². The number of anilines is 1. The number of aromatic nitrogens is 1. The number of hydrogen-bond acceptors (Lipinski definition) is 4. The highest BCUT2D eigenvalue weighted by Gasteiger charge is 2.13. The summed E-state index contributed by atoms with van der Waals surface area (Å²) in [6.45, 7) is 0. The minimum Gasteiger partial charge on any atom is -0.506 e. The van der Waals surface area contributed by atoms with E-state index in [1.165, 1.54) is 18.3 Å². The molecule has 102 valence electrons. The molecule has 0 unspecified atom stereocenters. The minimum atomic E-state index is -1.16. The van der Waals surface area contributed by atoms with E-state index < -0.39 is 11.9 Å². The van der Waals surface area contributed by atoms with Crippen molar-refractivity contribution in [1.29, 1.82) is 0 Å². The van der Waals surface area contributed by atoms with Crippen LogP contribution in [0.5, 0.6) is 5.75 Å². The Bertz CT molecular complexity index is 688. The molecule has 6 nitrogen and oxygen atoms in total. The van der Waals surface area contributed by atoms with Crippen molar-refractivity contribution in [3.63, 3.8) is 0 Å². The van der Waals surface area contributed by atoms with Gasteiger partial charge in [0.1, 0.15) is 10.4 Å². The van der Waals surface area contributed by atoms with Crippen molar-refractivity contribution in [3.8, 4) is 5.75 Å². The van der Waals surface area contributed by atoms with Crippen LogP contribution in [-0.2, 0) is 0 Å². The summed E-state index contributed by atoms with van der Waals surface area (Å²) in [7, 11) is 0. The zero-order chi connectivity index (χ0) is 14.7. The van der Waals surface area contributed by atoms with Gasteiger partial charge in [0, 0.05) is 6.20 Å². The number of nitrogens with one attached hydrogen (secondary N) is 1. The lowest BCUT2D eigenvalue weighted by molar-refractivity contribution is 0.0696. The molecular formula is C13H9BrN2O4. The Morgan fingerprint density at radius 3 is 2.60 bits per heavy atom. The number of amides is 1. The van der Waals surface area contributed by atoms with Crippen molar-refractivity contribution < 1.29 is 19.8 Å². The number of halogens is 1. The summed E-state index contributed by atoms with van der Waals surface area (Å²) in [4.78, 5) is 26.7. The predicted molar refractivity (Wildman–Crippen MR) is 75.0 cm³/mol. The van der Waals surface area contributed by atoms with E-state index >= 15 is 0 Å². The highest BCUT2D eigenvalue weighted by atomic mass is 79.9. The molecule has 2 rings (SSSR count). The average Bonchev–Trinajstić information content (AvgIpc) is 2.41. The van der Waals surface area contributed by atoms with Gasteiger partial charge in [-0.2, -0.15) is 0 Å². The Morgan fingerprint density at radius 2 is 2.00 bits per heavy atom. The second-order valence-electron chi connectivity index (χ2n) is 3.83. The first-order chi connectivity index (χ1) is 9.49. The van der Waals surface area contributed by atoms with Crippen LogP contribution in [0.3, 0.4) is 0 Å². The molecular weight excluding hydrogens is 328 g/mol. The molecule has 2 aromatic rings. The molecule has 0 aliphatic carbocycles. The fourth-order valence-corrected chi connectivity index (χ4v) is 1.95. The van der Waals surface area contributed by atoms with Gasteiger partial charge in [0.05, 0.1) is 16.8 Å². The van der Waals surface area contributed by atoms with Crippen LogP contribution in [0, 0.1) is 0 Å². The number of benzene rings is 1. The lowest BCUT2D eigenvalue weighted by atomic mass is 10.2. The molecule has 1 aromatic carbocycles. The Kier molecular flexibility index (Phi) is 3.99. The number of carboxylic acids is 1. The number of pyridine rings is 1. The molecule has 1 heterocycles. The molecule has 0 saturated heterocycles. The fraction of sp³-hybridized carbons (Fsp3) is 0. The van der Waals surface area contributed by atoms with Gasteiger partial charge in [0.25, 0.3) is 5.91 Å². The number of carbonyl (C=O) groups is 2. The molecule has 0 atom stereocenters. The maximum Gasteiger partial charge on any atom is 0.335 e. The summed E-state index contributed by atoms with van der Waals surface area (Å²) >= 11 is 3.15. The zero-order valence-corrected chi connectivity index (χ0v) is 11.6. The zero-order valence-electron chi connectivity index (χ0n) is 10.0. The number of carboxylic acid groups (broad SMARTS) is 1. The molecule has 0 spiro atoms. The van der Waals surface area contributed by atoms with Crippen molar-refractivity contribution in [2.75, 3.05) is 5.32 Å². The third kappa shape index (κ3) is 2.94. The van der Waals surface area contributed by atoms with E-state index in [-0.39, 0.29) is 17.0 Å². The second-order valence-corrected chi connectivity index (χ2v) is 4.58. The topological polar surface area (TPSA) is 99.5 Å². The number of nitrogens with zero attached hydrogens (tertiary/aromatic N) is 1. The highest BCUT2D eigenvalue weighted by Crippen LogP contribution is 2.25. The summed E-state index contributed by atoms with van der Waals surface area (Å²) in [6.07, 6.45) is 1.53. The second kappa shape index (κ2) is 5.70. The van der Waals surface area contributed by atoms with E-state index in [1.807, 2.05) is 0 Å². The Balaban J connectivity index is 2.25. The van der Waals surface area contributed by atoms with E-state index in [1.54, 1.807) is 12.1 Å². The molecule has 0 aliphatic heterocycles. The number of carbonyl (C=O) groups excluding carboxylic acids is 1. The van der Waals surface area contributed by atoms with Crippen LogP contribution < -0.4 is 5.32 Å². The third-order valence-corrected chi connectivity index (χ3v) is 3.13. The van der Waals surface area contributed by atoms with Crippen molar-refractivity contribution in [3.05, 3.63) is 52.3 Å². The smallest absolute Gasteiger partial charge is 0.335 e. The third-order valence-electron chi connectivity index (χ3n) is 2.50. The van der Waals surface area contributed by atoms with Gasteiger partial charge in [-0.05, 0) is 46.3 Å². The van der Waals surface area contributed by atoms with Gasteiger partial charge in [-0.15, -0.1) is 0 Å². The molecule has 3 N–H and O–H groups in total. The van der Waals surface area contributed by atoms with Gasteiger partial charge in [-0.1, -0.05) is 0 Å². The summed E-state index contributed by atoms with van der Waals surface area (Å²) in [5.41, 5.74) is 0.355. The number of rotatable bonds is 3.